The average Bonchev–Trinajstić information content (AvgIpc) is 2.55. The number of hydrogen-bond donors (Lipinski definition) is 0. The molecule has 0 unspecified atom stereocenters. The number of piperidine rings is 2. The average molecular weight is 296 g/mol. The molecule has 2 saturated heterocycles. The molecule has 114 valence electrons. The Morgan fingerprint density at radius 3 is 2.91 bits per heavy atom. The molecule has 0 amide bonds. The third kappa shape index (κ3) is 2.28. The summed E-state index contributed by atoms with van der Waals surface area (Å²) in [5, 5.41) is 0.869. The van der Waals surface area contributed by atoms with Gasteiger partial charge in [0.1, 0.15) is 6.10 Å². The van der Waals surface area contributed by atoms with Crippen molar-refractivity contribution in [1.29, 1.82) is 0 Å². The number of nitrogens with zero attached hydrogens (tertiary/aromatic N) is 2. The Hall–Kier alpha value is -1.94. The zero-order valence-electron chi connectivity index (χ0n) is 12.7. The van der Waals surface area contributed by atoms with E-state index in [4.69, 9.17) is 4.74 Å². The lowest BCUT2D eigenvalue weighted by molar-refractivity contribution is -0.0557. The fraction of sp³-hybridized carbons (Fsp3) is 0.444. The van der Waals surface area contributed by atoms with Gasteiger partial charge in [-0.15, -0.1) is 0 Å². The first kappa shape index (κ1) is 13.7. The van der Waals surface area contributed by atoms with Crippen molar-refractivity contribution in [2.75, 3.05) is 13.6 Å². The molecule has 2 aromatic rings. The normalized spacial score (nSPS) is 28.0. The van der Waals surface area contributed by atoms with Crippen LogP contribution in [0.4, 0.5) is 0 Å². The van der Waals surface area contributed by atoms with Gasteiger partial charge < -0.3 is 9.64 Å². The number of aromatic nitrogens is 1. The van der Waals surface area contributed by atoms with Crippen molar-refractivity contribution < 1.29 is 9.53 Å². The van der Waals surface area contributed by atoms with E-state index < -0.39 is 0 Å². The second kappa shape index (κ2) is 5.36. The number of rotatable bonds is 2. The van der Waals surface area contributed by atoms with Gasteiger partial charge in [-0.2, -0.15) is 0 Å². The lowest BCUT2D eigenvalue weighted by Crippen LogP contribution is -2.53. The maximum atomic E-state index is 12.6. The minimum Gasteiger partial charge on any atom is -0.458 e. The van der Waals surface area contributed by atoms with Crippen LogP contribution in [0.3, 0.4) is 0 Å². The number of para-hydroxylation sites is 1. The van der Waals surface area contributed by atoms with Crippen LogP contribution in [0, 0.1) is 5.92 Å². The highest BCUT2D eigenvalue weighted by molar-refractivity contribution is 6.03. The zero-order chi connectivity index (χ0) is 15.1. The first-order chi connectivity index (χ1) is 10.7. The number of esters is 1. The molecule has 1 aliphatic carbocycles. The smallest absolute Gasteiger partial charge is 0.339 e. The van der Waals surface area contributed by atoms with Crippen molar-refractivity contribution in [3.63, 3.8) is 0 Å². The molecule has 1 saturated carbocycles. The summed E-state index contributed by atoms with van der Waals surface area (Å²) in [5.41, 5.74) is 1.46. The van der Waals surface area contributed by atoms with Crippen LogP contribution in [0.15, 0.2) is 36.5 Å². The van der Waals surface area contributed by atoms with Crippen molar-refractivity contribution in [2.24, 2.45) is 5.92 Å². The predicted octanol–water partition coefficient (Wildman–Crippen LogP) is 2.87. The minimum absolute atomic E-state index is 0.0642. The molecule has 2 aliphatic heterocycles. The summed E-state index contributed by atoms with van der Waals surface area (Å²) in [6.45, 7) is 1.04. The Labute approximate surface area is 130 Å². The quantitative estimate of drug-likeness (QED) is 0.799. The van der Waals surface area contributed by atoms with Crippen LogP contribution < -0.4 is 0 Å². The maximum Gasteiger partial charge on any atom is 0.339 e. The summed E-state index contributed by atoms with van der Waals surface area (Å²) in [5.74, 6) is 0.269. The Balaban J connectivity index is 1.57. The van der Waals surface area contributed by atoms with Crippen molar-refractivity contribution >= 4 is 16.9 Å². The van der Waals surface area contributed by atoms with Gasteiger partial charge in [0.15, 0.2) is 0 Å². The van der Waals surface area contributed by atoms with Crippen molar-refractivity contribution in [3.8, 4) is 0 Å². The van der Waals surface area contributed by atoms with Crippen LogP contribution in [0.5, 0.6) is 0 Å². The van der Waals surface area contributed by atoms with E-state index in [-0.39, 0.29) is 12.1 Å². The molecule has 4 heteroatoms. The summed E-state index contributed by atoms with van der Waals surface area (Å²) in [7, 11) is 2.17. The Bertz CT molecular complexity index is 710. The first-order valence-corrected chi connectivity index (χ1v) is 7.97. The molecule has 0 spiro atoms. The number of pyridine rings is 1. The lowest BCUT2D eigenvalue weighted by atomic mass is 9.78. The largest absolute Gasteiger partial charge is 0.458 e. The van der Waals surface area contributed by atoms with Crippen molar-refractivity contribution in [2.45, 2.75) is 31.4 Å². The highest BCUT2D eigenvalue weighted by Crippen LogP contribution is 2.36. The summed E-state index contributed by atoms with van der Waals surface area (Å²) in [4.78, 5) is 19.3. The van der Waals surface area contributed by atoms with Gasteiger partial charge in [0.2, 0.25) is 0 Å². The van der Waals surface area contributed by atoms with Crippen LogP contribution in [0.1, 0.15) is 29.6 Å². The fourth-order valence-electron chi connectivity index (χ4n) is 3.92. The summed E-state index contributed by atoms with van der Waals surface area (Å²) in [6.07, 6.45) is 5.11. The molecular formula is C18H20N2O2. The number of carbonyl (C=O) groups excluding carboxylic acids is 1. The fourth-order valence-corrected chi connectivity index (χ4v) is 3.92. The number of fused-ring (bicyclic) bond motifs is 4. The number of benzene rings is 1. The van der Waals surface area contributed by atoms with E-state index in [2.05, 4.69) is 16.9 Å². The molecule has 1 aromatic heterocycles. The van der Waals surface area contributed by atoms with E-state index in [0.29, 0.717) is 17.5 Å². The van der Waals surface area contributed by atoms with E-state index >= 15 is 0 Å². The molecule has 22 heavy (non-hydrogen) atoms. The maximum absolute atomic E-state index is 12.6. The third-order valence-electron chi connectivity index (χ3n) is 5.17. The molecule has 1 aromatic carbocycles. The van der Waals surface area contributed by atoms with E-state index in [9.17, 15) is 4.79 Å². The monoisotopic (exact) mass is 296 g/mol. The highest BCUT2D eigenvalue weighted by Gasteiger charge is 2.40. The third-order valence-corrected chi connectivity index (χ3v) is 5.17. The molecule has 0 radical (unpaired) electrons. The molecule has 3 heterocycles. The Kier molecular flexibility index (Phi) is 3.34. The summed E-state index contributed by atoms with van der Waals surface area (Å²) in [6, 6.07) is 10.0. The topological polar surface area (TPSA) is 42.4 Å². The van der Waals surface area contributed by atoms with Gasteiger partial charge in [-0.1, -0.05) is 18.2 Å². The molecule has 4 nitrogen and oxygen atoms in total. The predicted molar refractivity (Wildman–Crippen MR) is 84.7 cm³/mol. The molecule has 3 fully saturated rings. The molecule has 5 rings (SSSR count). The molecule has 3 atom stereocenters. The molecule has 3 aliphatic rings. The molecular weight excluding hydrogens is 276 g/mol. The second-order valence-corrected chi connectivity index (χ2v) is 6.49. The van der Waals surface area contributed by atoms with Crippen molar-refractivity contribution in [1.82, 2.24) is 9.88 Å². The van der Waals surface area contributed by atoms with Crippen LogP contribution in [0.2, 0.25) is 0 Å². The minimum atomic E-state index is -0.209. The second-order valence-electron chi connectivity index (χ2n) is 6.49. The van der Waals surface area contributed by atoms with Gasteiger partial charge in [-0.05, 0) is 32.0 Å². The summed E-state index contributed by atoms with van der Waals surface area (Å²) < 4.78 is 5.87. The van der Waals surface area contributed by atoms with Gasteiger partial charge in [0.25, 0.3) is 0 Å². The van der Waals surface area contributed by atoms with Gasteiger partial charge >= 0.3 is 5.97 Å². The lowest BCUT2D eigenvalue weighted by Gasteiger charge is -2.47. The molecule has 2 bridgehead atoms. The van der Waals surface area contributed by atoms with Crippen molar-refractivity contribution in [3.05, 3.63) is 42.1 Å². The van der Waals surface area contributed by atoms with E-state index in [1.807, 2.05) is 24.3 Å². The summed E-state index contributed by atoms with van der Waals surface area (Å²) >= 11 is 0. The SMILES string of the molecule is CN1C[C@@H]2CC[C@H]1C[C@@H]2OC(=O)c1ccnc2ccccc12. The first-order valence-electron chi connectivity index (χ1n) is 7.97. The van der Waals surface area contributed by atoms with Crippen LogP contribution >= 0.6 is 0 Å². The highest BCUT2D eigenvalue weighted by atomic mass is 16.5. The van der Waals surface area contributed by atoms with Crippen LogP contribution in [0.25, 0.3) is 10.9 Å². The zero-order valence-corrected chi connectivity index (χ0v) is 12.7. The van der Waals surface area contributed by atoms with E-state index in [0.717, 1.165) is 23.9 Å². The van der Waals surface area contributed by atoms with Gasteiger partial charge in [-0.25, -0.2) is 4.79 Å². The van der Waals surface area contributed by atoms with Crippen LogP contribution in [-0.2, 0) is 4.74 Å². The van der Waals surface area contributed by atoms with E-state index in [1.54, 1.807) is 12.3 Å². The van der Waals surface area contributed by atoms with E-state index in [1.165, 1.54) is 12.8 Å². The molecule has 0 N–H and O–H groups in total. The van der Waals surface area contributed by atoms with Gasteiger partial charge in [0.05, 0.1) is 11.1 Å². The number of carbonyl (C=O) groups is 1. The number of ether oxygens (including phenoxy) is 1. The standard InChI is InChI=1S/C18H20N2O2/c1-20-11-12-6-7-13(20)10-17(12)22-18(21)15-8-9-19-16-5-3-2-4-14(15)16/h2-5,8-9,12-13,17H,6-7,10-11H2,1H3/t12-,13-,17-/m0/s1. The van der Waals surface area contributed by atoms with Gasteiger partial charge in [0, 0.05) is 36.5 Å². The Morgan fingerprint density at radius 2 is 2.14 bits per heavy atom. The number of hydrogen-bond acceptors (Lipinski definition) is 4. The Morgan fingerprint density at radius 1 is 1.27 bits per heavy atom. The van der Waals surface area contributed by atoms with Crippen LogP contribution in [-0.4, -0.2) is 41.6 Å². The van der Waals surface area contributed by atoms with Gasteiger partial charge in [-0.3, -0.25) is 4.98 Å².